The van der Waals surface area contributed by atoms with Crippen molar-refractivity contribution in [2.75, 3.05) is 7.05 Å². The van der Waals surface area contributed by atoms with Crippen molar-refractivity contribution in [3.8, 4) is 0 Å². The summed E-state index contributed by atoms with van der Waals surface area (Å²) in [7, 11) is 1.81. The van der Waals surface area contributed by atoms with Crippen molar-refractivity contribution < 1.29 is 14.7 Å². The molecule has 0 spiro atoms. The predicted octanol–water partition coefficient (Wildman–Crippen LogP) is 2.08. The number of hydrogen-bond acceptors (Lipinski definition) is 3. The zero-order valence-electron chi connectivity index (χ0n) is 9.42. The van der Waals surface area contributed by atoms with Gasteiger partial charge in [-0.1, -0.05) is 0 Å². The van der Waals surface area contributed by atoms with Gasteiger partial charge in [0, 0.05) is 29.4 Å². The van der Waals surface area contributed by atoms with E-state index in [2.05, 4.69) is 0 Å². The van der Waals surface area contributed by atoms with Crippen LogP contribution in [0.4, 0.5) is 0 Å². The van der Waals surface area contributed by atoms with E-state index in [4.69, 9.17) is 5.11 Å². The summed E-state index contributed by atoms with van der Waals surface area (Å²) in [6, 6.07) is 2.12. The van der Waals surface area contributed by atoms with Crippen LogP contribution in [0.25, 0.3) is 6.08 Å². The Morgan fingerprint density at radius 2 is 2.24 bits per heavy atom. The SMILES string of the molecule is CN(C(=O)c1csc(C=CC(=O)O)c1)C1CC1. The van der Waals surface area contributed by atoms with Crippen molar-refractivity contribution in [2.45, 2.75) is 18.9 Å². The van der Waals surface area contributed by atoms with Crippen molar-refractivity contribution in [3.63, 3.8) is 0 Å². The van der Waals surface area contributed by atoms with Crippen LogP contribution in [0.5, 0.6) is 0 Å². The highest BCUT2D eigenvalue weighted by Gasteiger charge is 2.30. The lowest BCUT2D eigenvalue weighted by molar-refractivity contribution is -0.131. The highest BCUT2D eigenvalue weighted by Crippen LogP contribution is 2.27. The molecule has 1 heterocycles. The first-order valence-electron chi connectivity index (χ1n) is 5.34. The molecule has 2 rings (SSSR count). The molecule has 0 atom stereocenters. The molecule has 0 bridgehead atoms. The van der Waals surface area contributed by atoms with E-state index in [-0.39, 0.29) is 5.91 Å². The first-order chi connectivity index (χ1) is 8.08. The minimum Gasteiger partial charge on any atom is -0.478 e. The van der Waals surface area contributed by atoms with E-state index < -0.39 is 5.97 Å². The minimum atomic E-state index is -0.985. The zero-order valence-corrected chi connectivity index (χ0v) is 10.2. The van der Waals surface area contributed by atoms with Crippen LogP contribution in [0.1, 0.15) is 28.1 Å². The van der Waals surface area contributed by atoms with Crippen molar-refractivity contribution >= 4 is 29.3 Å². The average Bonchev–Trinajstić information content (AvgIpc) is 3.03. The number of thiophene rings is 1. The molecule has 5 heteroatoms. The van der Waals surface area contributed by atoms with Crippen molar-refractivity contribution in [2.24, 2.45) is 0 Å². The van der Waals surface area contributed by atoms with Gasteiger partial charge in [0.25, 0.3) is 5.91 Å². The molecule has 1 aliphatic carbocycles. The zero-order chi connectivity index (χ0) is 12.4. The third-order valence-electron chi connectivity index (χ3n) is 2.67. The Kier molecular flexibility index (Phi) is 3.28. The Morgan fingerprint density at radius 1 is 1.53 bits per heavy atom. The van der Waals surface area contributed by atoms with Gasteiger partial charge in [0.2, 0.25) is 0 Å². The number of carboxylic acids is 1. The molecule has 1 fully saturated rings. The fourth-order valence-corrected chi connectivity index (χ4v) is 2.31. The Hall–Kier alpha value is -1.62. The second kappa shape index (κ2) is 4.71. The van der Waals surface area contributed by atoms with E-state index in [0.29, 0.717) is 11.6 Å². The van der Waals surface area contributed by atoms with Crippen LogP contribution in [0.15, 0.2) is 17.5 Å². The molecule has 1 aromatic heterocycles. The molecular formula is C12H13NO3S. The standard InChI is InChI=1S/C12H13NO3S/c1-13(9-2-3-9)12(16)8-6-10(17-7-8)4-5-11(14)15/h4-7,9H,2-3H2,1H3,(H,14,15). The lowest BCUT2D eigenvalue weighted by Crippen LogP contribution is -2.28. The number of rotatable bonds is 4. The van der Waals surface area contributed by atoms with Crippen LogP contribution in [0.2, 0.25) is 0 Å². The second-order valence-electron chi connectivity index (χ2n) is 4.06. The van der Waals surface area contributed by atoms with Gasteiger partial charge in [-0.15, -0.1) is 11.3 Å². The van der Waals surface area contributed by atoms with E-state index in [9.17, 15) is 9.59 Å². The molecule has 1 N–H and O–H groups in total. The lowest BCUT2D eigenvalue weighted by atomic mass is 10.2. The number of hydrogen-bond donors (Lipinski definition) is 1. The Morgan fingerprint density at radius 3 is 2.82 bits per heavy atom. The summed E-state index contributed by atoms with van der Waals surface area (Å²) in [5.41, 5.74) is 0.634. The minimum absolute atomic E-state index is 0.0127. The normalized spacial score (nSPS) is 15.1. The maximum atomic E-state index is 12.0. The van der Waals surface area contributed by atoms with Crippen molar-refractivity contribution in [1.29, 1.82) is 0 Å². The molecule has 1 saturated carbocycles. The van der Waals surface area contributed by atoms with Crippen molar-refractivity contribution in [3.05, 3.63) is 28.0 Å². The fourth-order valence-electron chi connectivity index (χ4n) is 1.54. The second-order valence-corrected chi connectivity index (χ2v) is 5.00. The van der Waals surface area contributed by atoms with E-state index in [1.807, 2.05) is 7.05 Å². The highest BCUT2D eigenvalue weighted by molar-refractivity contribution is 7.11. The van der Waals surface area contributed by atoms with E-state index in [1.165, 1.54) is 17.4 Å². The third kappa shape index (κ3) is 2.94. The molecule has 4 nitrogen and oxygen atoms in total. The number of carboxylic acid groups (broad SMARTS) is 1. The smallest absolute Gasteiger partial charge is 0.328 e. The van der Waals surface area contributed by atoms with Gasteiger partial charge >= 0.3 is 5.97 Å². The van der Waals surface area contributed by atoms with Gasteiger partial charge in [-0.05, 0) is 25.0 Å². The molecule has 1 amide bonds. The van der Waals surface area contributed by atoms with Crippen LogP contribution in [-0.4, -0.2) is 35.0 Å². The molecule has 0 radical (unpaired) electrons. The summed E-state index contributed by atoms with van der Waals surface area (Å²) in [4.78, 5) is 24.9. The quantitative estimate of drug-likeness (QED) is 0.833. The fraction of sp³-hybridized carbons (Fsp3) is 0.333. The van der Waals surface area contributed by atoms with Gasteiger partial charge in [-0.3, -0.25) is 4.79 Å². The molecule has 90 valence electrons. The number of carbonyl (C=O) groups excluding carboxylic acids is 1. The van der Waals surface area contributed by atoms with Crippen LogP contribution >= 0.6 is 11.3 Å². The summed E-state index contributed by atoms with van der Waals surface area (Å²) < 4.78 is 0. The summed E-state index contributed by atoms with van der Waals surface area (Å²) >= 11 is 1.37. The van der Waals surface area contributed by atoms with Gasteiger partial charge in [-0.25, -0.2) is 4.79 Å². The topological polar surface area (TPSA) is 57.6 Å². The van der Waals surface area contributed by atoms with Crippen LogP contribution < -0.4 is 0 Å². The van der Waals surface area contributed by atoms with Gasteiger partial charge < -0.3 is 10.0 Å². The monoisotopic (exact) mass is 251 g/mol. The van der Waals surface area contributed by atoms with E-state index in [0.717, 1.165) is 23.8 Å². The Bertz CT molecular complexity index is 474. The maximum Gasteiger partial charge on any atom is 0.328 e. The van der Waals surface area contributed by atoms with Crippen molar-refractivity contribution in [1.82, 2.24) is 4.90 Å². The van der Waals surface area contributed by atoms with Gasteiger partial charge in [-0.2, -0.15) is 0 Å². The molecule has 0 aromatic carbocycles. The van der Waals surface area contributed by atoms with Crippen LogP contribution in [0.3, 0.4) is 0 Å². The van der Waals surface area contributed by atoms with Gasteiger partial charge in [0.05, 0.1) is 5.56 Å². The molecular weight excluding hydrogens is 238 g/mol. The third-order valence-corrected chi connectivity index (χ3v) is 3.57. The van der Waals surface area contributed by atoms with Gasteiger partial charge in [0.15, 0.2) is 0 Å². The first-order valence-corrected chi connectivity index (χ1v) is 6.22. The number of carbonyl (C=O) groups is 2. The summed E-state index contributed by atoms with van der Waals surface area (Å²) in [5.74, 6) is -0.972. The molecule has 0 unspecified atom stereocenters. The molecule has 1 aromatic rings. The number of amides is 1. The van der Waals surface area contributed by atoms with Crippen LogP contribution in [-0.2, 0) is 4.79 Å². The largest absolute Gasteiger partial charge is 0.478 e. The Balaban J connectivity index is 2.06. The average molecular weight is 251 g/mol. The van der Waals surface area contributed by atoms with E-state index in [1.54, 1.807) is 16.3 Å². The molecule has 17 heavy (non-hydrogen) atoms. The maximum absolute atomic E-state index is 12.0. The molecule has 1 aliphatic rings. The number of nitrogens with zero attached hydrogens (tertiary/aromatic N) is 1. The molecule has 0 aliphatic heterocycles. The van der Waals surface area contributed by atoms with Crippen LogP contribution in [0, 0.1) is 0 Å². The highest BCUT2D eigenvalue weighted by atomic mass is 32.1. The molecule has 0 saturated heterocycles. The summed E-state index contributed by atoms with van der Waals surface area (Å²) in [5, 5.41) is 10.3. The lowest BCUT2D eigenvalue weighted by Gasteiger charge is -2.14. The summed E-state index contributed by atoms with van der Waals surface area (Å²) in [6.07, 6.45) is 4.74. The Labute approximate surface area is 103 Å². The van der Waals surface area contributed by atoms with E-state index >= 15 is 0 Å². The summed E-state index contributed by atoms with van der Waals surface area (Å²) in [6.45, 7) is 0. The van der Waals surface area contributed by atoms with Gasteiger partial charge in [0.1, 0.15) is 0 Å². The predicted molar refractivity (Wildman–Crippen MR) is 66.1 cm³/mol. The number of aliphatic carboxylic acids is 1. The first kappa shape index (κ1) is 11.9.